The molecule has 17 heavy (non-hydrogen) atoms. The largest absolute Gasteiger partial charge is 0.598 e. The van der Waals surface area contributed by atoms with Gasteiger partial charge in [-0.25, -0.2) is 0 Å². The summed E-state index contributed by atoms with van der Waals surface area (Å²) in [5, 5.41) is 8.90. The number of hydrogen-bond acceptors (Lipinski definition) is 4. The Labute approximate surface area is 103 Å². The summed E-state index contributed by atoms with van der Waals surface area (Å²) in [4.78, 5) is 1.80. The highest BCUT2D eigenvalue weighted by Crippen LogP contribution is 2.38. The summed E-state index contributed by atoms with van der Waals surface area (Å²) >= 11 is 0. The van der Waals surface area contributed by atoms with Crippen LogP contribution in [0.1, 0.15) is 34.1 Å². The highest BCUT2D eigenvalue weighted by Gasteiger charge is 2.53. The minimum Gasteiger partial charge on any atom is -0.384 e. The van der Waals surface area contributed by atoms with Gasteiger partial charge in [0.05, 0.1) is 17.3 Å². The summed E-state index contributed by atoms with van der Waals surface area (Å²) in [6.07, 6.45) is 6.28. The number of rotatable bonds is 1. The Morgan fingerprint density at radius 1 is 1.29 bits per heavy atom. The summed E-state index contributed by atoms with van der Waals surface area (Å²) in [7, 11) is -0.458. The zero-order chi connectivity index (χ0) is 12.7. The molecule has 0 aromatic heterocycles. The number of allylic oxidation sites excluding steroid dienone is 2. The maximum atomic E-state index is 8.90. The molecular weight excluding hydrogens is 215 g/mol. The van der Waals surface area contributed by atoms with Crippen molar-refractivity contribution in [2.75, 3.05) is 0 Å². The minimum absolute atomic E-state index is 0.358. The molecule has 0 unspecified atom stereocenters. The van der Waals surface area contributed by atoms with Crippen molar-refractivity contribution in [2.45, 2.75) is 45.3 Å². The molecule has 0 bridgehead atoms. The molecule has 0 aromatic carbocycles. The van der Waals surface area contributed by atoms with E-state index in [4.69, 9.17) is 14.6 Å². The molecule has 1 saturated heterocycles. The number of nitrogens with zero attached hydrogens (tertiary/aromatic N) is 2. The van der Waals surface area contributed by atoms with Gasteiger partial charge in [-0.05, 0) is 33.9 Å². The van der Waals surface area contributed by atoms with Crippen LogP contribution in [0.3, 0.4) is 0 Å². The third-order valence-corrected chi connectivity index (χ3v) is 3.55. The van der Waals surface area contributed by atoms with Gasteiger partial charge in [-0.3, -0.25) is 0 Å². The quantitative estimate of drug-likeness (QED) is 0.650. The molecule has 2 rings (SSSR count). The lowest BCUT2D eigenvalue weighted by Crippen LogP contribution is -2.41. The highest BCUT2D eigenvalue weighted by atomic mass is 16.7. The Bertz CT molecular complexity index is 405. The van der Waals surface area contributed by atoms with Crippen molar-refractivity contribution >= 4 is 7.25 Å². The van der Waals surface area contributed by atoms with E-state index in [0.717, 1.165) is 0 Å². The lowest BCUT2D eigenvalue weighted by atomic mass is 9.90. The first-order valence-electron chi connectivity index (χ1n) is 5.76. The van der Waals surface area contributed by atoms with Gasteiger partial charge < -0.3 is 14.1 Å². The summed E-state index contributed by atoms with van der Waals surface area (Å²) in [5.74, 6) is 0. The van der Waals surface area contributed by atoms with Gasteiger partial charge in [0.25, 0.3) is 0 Å². The molecule has 5 heteroatoms. The average molecular weight is 232 g/mol. The van der Waals surface area contributed by atoms with Gasteiger partial charge >= 0.3 is 7.25 Å². The molecule has 0 aromatic rings. The fourth-order valence-electron chi connectivity index (χ4n) is 1.72. The van der Waals surface area contributed by atoms with E-state index in [9.17, 15) is 0 Å². The van der Waals surface area contributed by atoms with Crippen molar-refractivity contribution in [3.05, 3.63) is 24.0 Å². The molecule has 2 aliphatic heterocycles. The number of hydrogen-bond donors (Lipinski definition) is 0. The zero-order valence-electron chi connectivity index (χ0n) is 10.7. The summed E-state index contributed by atoms with van der Waals surface area (Å²) in [6.45, 7) is 8.04. The van der Waals surface area contributed by atoms with Crippen molar-refractivity contribution in [3.63, 3.8) is 0 Å². The molecule has 0 spiro atoms. The maximum Gasteiger partial charge on any atom is 0.598 e. The van der Waals surface area contributed by atoms with Crippen LogP contribution in [0.25, 0.3) is 0 Å². The third kappa shape index (κ3) is 2.11. The first kappa shape index (κ1) is 12.2. The lowest BCUT2D eigenvalue weighted by molar-refractivity contribution is 0.00578. The van der Waals surface area contributed by atoms with Gasteiger partial charge in [0.15, 0.2) is 0 Å². The van der Waals surface area contributed by atoms with Crippen LogP contribution in [0.2, 0.25) is 0 Å². The molecule has 1 fully saturated rings. The predicted octanol–water partition coefficient (Wildman–Crippen LogP) is 2.20. The van der Waals surface area contributed by atoms with E-state index in [1.807, 2.05) is 40.0 Å². The van der Waals surface area contributed by atoms with Crippen LogP contribution >= 0.6 is 0 Å². The molecule has 0 atom stereocenters. The molecule has 0 aliphatic carbocycles. The molecule has 0 radical (unpaired) electrons. The van der Waals surface area contributed by atoms with Gasteiger partial charge in [0, 0.05) is 18.2 Å². The van der Waals surface area contributed by atoms with Crippen LogP contribution in [-0.4, -0.2) is 23.3 Å². The van der Waals surface area contributed by atoms with Crippen LogP contribution in [0, 0.1) is 11.3 Å². The molecule has 2 heterocycles. The van der Waals surface area contributed by atoms with Gasteiger partial charge in [-0.2, -0.15) is 5.26 Å². The van der Waals surface area contributed by atoms with Crippen LogP contribution < -0.4 is 0 Å². The van der Waals surface area contributed by atoms with E-state index < -0.39 is 7.25 Å². The SMILES string of the molecule is CC1(C)OB(N2C=CCC(C#N)=C2)OC1(C)C. The van der Waals surface area contributed by atoms with Crippen LogP contribution in [0.4, 0.5) is 0 Å². The standard InChI is InChI=1S/C12H17BN2O2/c1-11(2)12(3,4)17-13(16-11)15-7-5-6-10(8-14)9-15/h5,7,9H,6H2,1-4H3. The number of nitriles is 1. The normalized spacial score (nSPS) is 25.7. The van der Waals surface area contributed by atoms with Gasteiger partial charge in [0.1, 0.15) is 0 Å². The molecule has 0 saturated carbocycles. The molecule has 0 amide bonds. The van der Waals surface area contributed by atoms with Crippen LogP contribution in [0.5, 0.6) is 0 Å². The monoisotopic (exact) mass is 232 g/mol. The fourth-order valence-corrected chi connectivity index (χ4v) is 1.72. The van der Waals surface area contributed by atoms with Crippen molar-refractivity contribution in [3.8, 4) is 6.07 Å². The minimum atomic E-state index is -0.458. The van der Waals surface area contributed by atoms with Gasteiger partial charge in [-0.1, -0.05) is 6.08 Å². The van der Waals surface area contributed by atoms with E-state index in [1.54, 1.807) is 11.0 Å². The van der Waals surface area contributed by atoms with E-state index in [1.165, 1.54) is 0 Å². The second-order valence-corrected chi connectivity index (χ2v) is 5.37. The van der Waals surface area contributed by atoms with Crippen molar-refractivity contribution in [1.82, 2.24) is 4.81 Å². The van der Waals surface area contributed by atoms with Gasteiger partial charge in [-0.15, -0.1) is 0 Å². The molecular formula is C12H17BN2O2. The highest BCUT2D eigenvalue weighted by molar-refractivity contribution is 6.43. The van der Waals surface area contributed by atoms with Crippen molar-refractivity contribution in [2.24, 2.45) is 0 Å². The van der Waals surface area contributed by atoms with E-state index >= 15 is 0 Å². The fraction of sp³-hybridized carbons (Fsp3) is 0.583. The molecule has 4 nitrogen and oxygen atoms in total. The lowest BCUT2D eigenvalue weighted by Gasteiger charge is -2.32. The first-order valence-corrected chi connectivity index (χ1v) is 5.76. The summed E-state index contributed by atoms with van der Waals surface area (Å²) in [6, 6.07) is 2.16. The Hall–Kier alpha value is -1.25. The molecule has 2 aliphatic rings. The maximum absolute atomic E-state index is 8.90. The summed E-state index contributed by atoms with van der Waals surface area (Å²) in [5.41, 5.74) is -0.00470. The molecule has 90 valence electrons. The predicted molar refractivity (Wildman–Crippen MR) is 65.4 cm³/mol. The Balaban J connectivity index is 2.17. The van der Waals surface area contributed by atoms with E-state index in [0.29, 0.717) is 12.0 Å². The third-order valence-electron chi connectivity index (χ3n) is 3.55. The van der Waals surface area contributed by atoms with E-state index in [2.05, 4.69) is 6.07 Å². The zero-order valence-corrected chi connectivity index (χ0v) is 10.7. The van der Waals surface area contributed by atoms with Crippen LogP contribution in [0.15, 0.2) is 24.0 Å². The first-order chi connectivity index (χ1) is 7.86. The van der Waals surface area contributed by atoms with Gasteiger partial charge in [0.2, 0.25) is 0 Å². The Kier molecular flexibility index (Phi) is 2.80. The van der Waals surface area contributed by atoms with E-state index in [-0.39, 0.29) is 11.2 Å². The molecule has 0 N–H and O–H groups in total. The summed E-state index contributed by atoms with van der Waals surface area (Å²) < 4.78 is 11.8. The van der Waals surface area contributed by atoms with Crippen molar-refractivity contribution in [1.29, 1.82) is 5.26 Å². The Morgan fingerprint density at radius 2 is 1.88 bits per heavy atom. The van der Waals surface area contributed by atoms with Crippen LogP contribution in [-0.2, 0) is 9.31 Å². The average Bonchev–Trinajstić information content (AvgIpc) is 2.48. The smallest absolute Gasteiger partial charge is 0.384 e. The van der Waals surface area contributed by atoms with Crippen molar-refractivity contribution < 1.29 is 9.31 Å². The topological polar surface area (TPSA) is 45.5 Å². The second-order valence-electron chi connectivity index (χ2n) is 5.37. The Morgan fingerprint density at radius 3 is 2.41 bits per heavy atom. The second kappa shape index (κ2) is 3.90.